The van der Waals surface area contributed by atoms with Gasteiger partial charge in [0.15, 0.2) is 17.0 Å². The number of halogens is 2. The molecule has 0 N–H and O–H groups in total. The molecule has 0 aliphatic heterocycles. The van der Waals surface area contributed by atoms with Crippen LogP contribution in [-0.2, 0) is 19.3 Å². The van der Waals surface area contributed by atoms with Gasteiger partial charge in [0.1, 0.15) is 18.5 Å². The zero-order valence-corrected chi connectivity index (χ0v) is 18.2. The summed E-state index contributed by atoms with van der Waals surface area (Å²) in [7, 11) is 1.73. The summed E-state index contributed by atoms with van der Waals surface area (Å²) < 4.78 is 23.4. The van der Waals surface area contributed by atoms with Gasteiger partial charge in [0, 0.05) is 18.0 Å². The molecular formula is C21H22ClFN6O2. The molecule has 3 aromatic heterocycles. The summed E-state index contributed by atoms with van der Waals surface area (Å²) in [5.41, 5.74) is -0.276. The summed E-state index contributed by atoms with van der Waals surface area (Å²) in [5, 5.41) is 4.55. The van der Waals surface area contributed by atoms with E-state index in [1.165, 1.54) is 17.2 Å². The summed E-state index contributed by atoms with van der Waals surface area (Å²) in [4.78, 5) is 25.2. The van der Waals surface area contributed by atoms with Gasteiger partial charge in [0.25, 0.3) is 5.56 Å². The minimum Gasteiger partial charge on any atom is -0.337 e. The number of rotatable bonds is 4. The van der Waals surface area contributed by atoms with Crippen LogP contribution in [0.3, 0.4) is 0 Å². The molecule has 10 heteroatoms. The van der Waals surface area contributed by atoms with Crippen LogP contribution in [-0.4, -0.2) is 29.2 Å². The Morgan fingerprint density at radius 3 is 2.58 bits per heavy atom. The molecule has 3 heterocycles. The third-order valence-electron chi connectivity index (χ3n) is 5.36. The average molecular weight is 445 g/mol. The van der Waals surface area contributed by atoms with Crippen LogP contribution in [0, 0.1) is 0 Å². The third-order valence-corrected chi connectivity index (χ3v) is 5.61. The molecule has 1 aromatic carbocycles. The van der Waals surface area contributed by atoms with Gasteiger partial charge >= 0.3 is 0 Å². The molecule has 0 saturated heterocycles. The van der Waals surface area contributed by atoms with E-state index in [9.17, 15) is 4.79 Å². The fourth-order valence-electron chi connectivity index (χ4n) is 3.72. The van der Waals surface area contributed by atoms with E-state index in [0.29, 0.717) is 27.6 Å². The van der Waals surface area contributed by atoms with Crippen LogP contribution in [0.4, 0.5) is 4.39 Å². The molecule has 0 atom stereocenters. The van der Waals surface area contributed by atoms with Gasteiger partial charge in [-0.3, -0.25) is 9.36 Å². The van der Waals surface area contributed by atoms with Crippen molar-refractivity contribution in [1.29, 1.82) is 0 Å². The highest BCUT2D eigenvalue weighted by molar-refractivity contribution is 6.30. The second-order valence-corrected chi connectivity index (χ2v) is 7.77. The van der Waals surface area contributed by atoms with E-state index in [2.05, 4.69) is 20.1 Å². The monoisotopic (exact) mass is 444 g/mol. The minimum atomic E-state index is -1.42. The second kappa shape index (κ2) is 8.22. The summed E-state index contributed by atoms with van der Waals surface area (Å²) in [6, 6.07) is 6.77. The quantitative estimate of drug-likeness (QED) is 0.472. The van der Waals surface area contributed by atoms with Crippen LogP contribution in [0.1, 0.15) is 49.9 Å². The summed E-state index contributed by atoms with van der Waals surface area (Å²) >= 11 is 5.87. The number of nitrogens with zero attached hydrogens (tertiary/aromatic N) is 6. The lowest BCUT2D eigenvalue weighted by atomic mass is 9.68. The molecule has 31 heavy (non-hydrogen) atoms. The van der Waals surface area contributed by atoms with Gasteiger partial charge in [-0.2, -0.15) is 4.98 Å². The van der Waals surface area contributed by atoms with Crippen molar-refractivity contribution in [2.75, 3.05) is 0 Å². The van der Waals surface area contributed by atoms with Crippen LogP contribution >= 0.6 is 11.6 Å². The van der Waals surface area contributed by atoms with Crippen molar-refractivity contribution in [3.8, 4) is 0 Å². The van der Waals surface area contributed by atoms with Crippen LogP contribution in [0.2, 0.25) is 5.02 Å². The Kier molecular flexibility index (Phi) is 5.62. The largest absolute Gasteiger partial charge is 0.337 e. The molecule has 1 fully saturated rings. The smallest absolute Gasteiger partial charge is 0.280 e. The lowest BCUT2D eigenvalue weighted by molar-refractivity contribution is 0.0336. The predicted molar refractivity (Wildman–Crippen MR) is 114 cm³/mol. The van der Waals surface area contributed by atoms with E-state index in [-0.39, 0.29) is 36.8 Å². The first-order chi connectivity index (χ1) is 14.9. The fourth-order valence-corrected chi connectivity index (χ4v) is 3.84. The second-order valence-electron chi connectivity index (χ2n) is 7.33. The van der Waals surface area contributed by atoms with Gasteiger partial charge in [-0.15, -0.1) is 0 Å². The van der Waals surface area contributed by atoms with Crippen molar-refractivity contribution in [3.63, 3.8) is 0 Å². The van der Waals surface area contributed by atoms with Gasteiger partial charge in [-0.05, 0) is 30.5 Å². The molecular weight excluding hydrogens is 423 g/mol. The highest BCUT2D eigenvalue weighted by Gasteiger charge is 2.48. The number of imidazole rings is 1. The van der Waals surface area contributed by atoms with Crippen molar-refractivity contribution < 1.29 is 8.91 Å². The zero-order valence-electron chi connectivity index (χ0n) is 17.4. The number of alkyl halides is 1. The first-order valence-electron chi connectivity index (χ1n) is 10.1. The standard InChI is InChI=1S/C19H16ClFN6O2.C2H6/c1-26-9-22-17-15(26)18(28)27(10-23-17)8-14-24-16(25-29-14)11-6-19(21,7-11)12-2-4-13(20)5-3-12;1-2/h2-5,9-11H,6-8H2,1H3;1-2H3. The van der Waals surface area contributed by atoms with Gasteiger partial charge < -0.3 is 9.09 Å². The molecule has 1 aliphatic rings. The highest BCUT2D eigenvalue weighted by Crippen LogP contribution is 2.53. The lowest BCUT2D eigenvalue weighted by Gasteiger charge is -2.40. The third kappa shape index (κ3) is 3.85. The van der Waals surface area contributed by atoms with Crippen LogP contribution in [0.25, 0.3) is 11.2 Å². The van der Waals surface area contributed by atoms with E-state index < -0.39 is 5.67 Å². The Labute approximate surface area is 182 Å². The van der Waals surface area contributed by atoms with E-state index >= 15 is 4.39 Å². The van der Waals surface area contributed by atoms with Gasteiger partial charge in [-0.25, -0.2) is 14.4 Å². The van der Waals surface area contributed by atoms with Gasteiger partial charge in [0.05, 0.1) is 6.33 Å². The Morgan fingerprint density at radius 1 is 1.19 bits per heavy atom. The average Bonchev–Trinajstić information content (AvgIpc) is 3.37. The topological polar surface area (TPSA) is 91.6 Å². The van der Waals surface area contributed by atoms with E-state index in [4.69, 9.17) is 16.1 Å². The molecule has 1 saturated carbocycles. The normalized spacial score (nSPS) is 20.2. The fraction of sp³-hybridized carbons (Fsp3) is 0.381. The first kappa shape index (κ1) is 21.2. The zero-order chi connectivity index (χ0) is 22.2. The Hall–Kier alpha value is -3.07. The molecule has 8 nitrogen and oxygen atoms in total. The Balaban J connectivity index is 0.00000112. The number of aryl methyl sites for hydroxylation is 1. The number of fused-ring (bicyclic) bond motifs is 1. The van der Waals surface area contributed by atoms with E-state index in [1.54, 1.807) is 35.9 Å². The van der Waals surface area contributed by atoms with Crippen molar-refractivity contribution >= 4 is 22.8 Å². The Bertz CT molecular complexity index is 1260. The van der Waals surface area contributed by atoms with E-state index in [0.717, 1.165) is 0 Å². The number of hydrogen-bond acceptors (Lipinski definition) is 6. The van der Waals surface area contributed by atoms with Crippen LogP contribution < -0.4 is 5.56 Å². The van der Waals surface area contributed by atoms with Crippen molar-refractivity contribution in [2.45, 2.75) is 44.8 Å². The molecule has 162 valence electrons. The van der Waals surface area contributed by atoms with Crippen molar-refractivity contribution in [1.82, 2.24) is 29.2 Å². The summed E-state index contributed by atoms with van der Waals surface area (Å²) in [5.74, 6) is 0.584. The number of hydrogen-bond donors (Lipinski definition) is 0. The van der Waals surface area contributed by atoms with Crippen LogP contribution in [0.15, 0.2) is 46.2 Å². The molecule has 0 amide bonds. The maximum Gasteiger partial charge on any atom is 0.280 e. The SMILES string of the molecule is CC.Cn1cnc2ncn(Cc3nc(C4CC(F)(c5ccc(Cl)cc5)C4)no3)c(=O)c21. The predicted octanol–water partition coefficient (Wildman–Crippen LogP) is 3.98. The number of aromatic nitrogens is 6. The molecule has 1 aliphatic carbocycles. The molecule has 0 bridgehead atoms. The maximum atomic E-state index is 15.1. The summed E-state index contributed by atoms with van der Waals surface area (Å²) in [6.07, 6.45) is 3.49. The molecule has 5 rings (SSSR count). The molecule has 0 unspecified atom stereocenters. The highest BCUT2D eigenvalue weighted by atomic mass is 35.5. The number of benzene rings is 1. The maximum absolute atomic E-state index is 15.1. The first-order valence-corrected chi connectivity index (χ1v) is 10.4. The van der Waals surface area contributed by atoms with Crippen LogP contribution in [0.5, 0.6) is 0 Å². The molecule has 0 spiro atoms. The minimum absolute atomic E-state index is 0.0879. The lowest BCUT2D eigenvalue weighted by Crippen LogP contribution is -2.36. The van der Waals surface area contributed by atoms with E-state index in [1.807, 2.05) is 13.8 Å². The summed E-state index contributed by atoms with van der Waals surface area (Å²) in [6.45, 7) is 4.09. The van der Waals surface area contributed by atoms with Gasteiger partial charge in [-0.1, -0.05) is 42.7 Å². The van der Waals surface area contributed by atoms with Crippen molar-refractivity contribution in [3.05, 3.63) is 69.6 Å². The Morgan fingerprint density at radius 2 is 1.87 bits per heavy atom. The van der Waals surface area contributed by atoms with Crippen molar-refractivity contribution in [2.24, 2.45) is 7.05 Å². The molecule has 0 radical (unpaired) electrons. The molecule has 4 aromatic rings. The van der Waals surface area contributed by atoms with Gasteiger partial charge in [0.2, 0.25) is 5.89 Å².